The Balaban J connectivity index is 1.75. The second-order valence-electron chi connectivity index (χ2n) is 5.97. The third kappa shape index (κ3) is 4.31. The first kappa shape index (κ1) is 14.5. The van der Waals surface area contributed by atoms with Crippen molar-refractivity contribution in [1.29, 1.82) is 0 Å². The van der Waals surface area contributed by atoms with Crippen LogP contribution in [0.3, 0.4) is 0 Å². The summed E-state index contributed by atoms with van der Waals surface area (Å²) in [5.41, 5.74) is 1.78. The van der Waals surface area contributed by atoms with Crippen LogP contribution >= 0.6 is 0 Å². The number of halogens is 1. The van der Waals surface area contributed by atoms with Gasteiger partial charge in [0, 0.05) is 12.6 Å². The summed E-state index contributed by atoms with van der Waals surface area (Å²) < 4.78 is 13.5. The zero-order chi connectivity index (χ0) is 13.7. The zero-order valence-corrected chi connectivity index (χ0v) is 12.2. The van der Waals surface area contributed by atoms with Crippen molar-refractivity contribution in [3.63, 3.8) is 0 Å². The van der Waals surface area contributed by atoms with E-state index in [1.807, 2.05) is 19.1 Å². The molecule has 1 nitrogen and oxygen atoms in total. The average Bonchev–Trinajstić information content (AvgIpc) is 2.42. The molecule has 19 heavy (non-hydrogen) atoms. The van der Waals surface area contributed by atoms with Crippen LogP contribution in [0.4, 0.5) is 4.39 Å². The summed E-state index contributed by atoms with van der Waals surface area (Å²) in [5.74, 6) is 0.853. The largest absolute Gasteiger partial charge is 0.310 e. The lowest BCUT2D eigenvalue weighted by Gasteiger charge is -2.29. The third-order valence-corrected chi connectivity index (χ3v) is 4.37. The molecule has 0 aromatic heterocycles. The van der Waals surface area contributed by atoms with Crippen LogP contribution in [-0.2, 0) is 6.54 Å². The van der Waals surface area contributed by atoms with Crippen molar-refractivity contribution in [2.45, 2.75) is 65.0 Å². The molecule has 0 spiro atoms. The highest BCUT2D eigenvalue weighted by atomic mass is 19.1. The van der Waals surface area contributed by atoms with E-state index in [1.54, 1.807) is 6.07 Å². The van der Waals surface area contributed by atoms with Gasteiger partial charge in [-0.25, -0.2) is 4.39 Å². The number of aryl methyl sites for hydroxylation is 1. The molecule has 2 rings (SSSR count). The van der Waals surface area contributed by atoms with Crippen LogP contribution in [0.2, 0.25) is 0 Å². The number of hydrogen-bond acceptors (Lipinski definition) is 1. The lowest BCUT2D eigenvalue weighted by molar-refractivity contribution is 0.277. The Kier molecular flexibility index (Phi) is 5.38. The number of nitrogens with one attached hydrogen (secondary N) is 1. The van der Waals surface area contributed by atoms with E-state index in [4.69, 9.17) is 0 Å². The van der Waals surface area contributed by atoms with Gasteiger partial charge in [-0.2, -0.15) is 0 Å². The molecule has 0 radical (unpaired) electrons. The summed E-state index contributed by atoms with van der Waals surface area (Å²) in [5, 5.41) is 3.58. The molecule has 106 valence electrons. The summed E-state index contributed by atoms with van der Waals surface area (Å²) in [6, 6.07) is 6.17. The molecule has 0 saturated heterocycles. The molecule has 2 heteroatoms. The SMILES string of the molecule is CCCC1CCC(NCc2ccc(C)c(F)c2)CC1. The molecule has 0 atom stereocenters. The summed E-state index contributed by atoms with van der Waals surface area (Å²) in [7, 11) is 0. The van der Waals surface area contributed by atoms with Gasteiger partial charge in [0.2, 0.25) is 0 Å². The predicted octanol–water partition coefficient (Wildman–Crippen LogP) is 4.58. The smallest absolute Gasteiger partial charge is 0.126 e. The molecule has 1 aliphatic rings. The predicted molar refractivity (Wildman–Crippen MR) is 78.6 cm³/mol. The zero-order valence-electron chi connectivity index (χ0n) is 12.2. The van der Waals surface area contributed by atoms with Crippen molar-refractivity contribution in [3.8, 4) is 0 Å². The van der Waals surface area contributed by atoms with E-state index in [1.165, 1.54) is 38.5 Å². The highest BCUT2D eigenvalue weighted by Gasteiger charge is 2.19. The van der Waals surface area contributed by atoms with E-state index in [9.17, 15) is 4.39 Å². The van der Waals surface area contributed by atoms with Gasteiger partial charge in [-0.1, -0.05) is 31.9 Å². The molecule has 0 bridgehead atoms. The van der Waals surface area contributed by atoms with Gasteiger partial charge in [0.15, 0.2) is 0 Å². The molecule has 0 amide bonds. The van der Waals surface area contributed by atoms with Gasteiger partial charge in [0.1, 0.15) is 5.82 Å². The Morgan fingerprint density at radius 2 is 1.95 bits per heavy atom. The monoisotopic (exact) mass is 263 g/mol. The maximum atomic E-state index is 13.5. The maximum Gasteiger partial charge on any atom is 0.126 e. The Labute approximate surface area is 116 Å². The lowest BCUT2D eigenvalue weighted by atomic mass is 9.83. The number of benzene rings is 1. The minimum absolute atomic E-state index is 0.0917. The summed E-state index contributed by atoms with van der Waals surface area (Å²) in [4.78, 5) is 0. The Morgan fingerprint density at radius 1 is 1.21 bits per heavy atom. The van der Waals surface area contributed by atoms with Crippen molar-refractivity contribution in [2.75, 3.05) is 0 Å². The molecule has 1 aromatic carbocycles. The number of rotatable bonds is 5. The molecule has 1 aromatic rings. The van der Waals surface area contributed by atoms with E-state index < -0.39 is 0 Å². The highest BCUT2D eigenvalue weighted by Crippen LogP contribution is 2.27. The summed E-state index contributed by atoms with van der Waals surface area (Å²) in [6.45, 7) is 4.87. The van der Waals surface area contributed by atoms with Gasteiger partial charge in [-0.05, 0) is 55.7 Å². The second-order valence-corrected chi connectivity index (χ2v) is 5.97. The fraction of sp³-hybridized carbons (Fsp3) is 0.647. The minimum Gasteiger partial charge on any atom is -0.310 e. The highest BCUT2D eigenvalue weighted by molar-refractivity contribution is 5.23. The standard InChI is InChI=1S/C17H26FN/c1-3-4-14-7-9-16(10-8-14)19-12-15-6-5-13(2)17(18)11-15/h5-6,11,14,16,19H,3-4,7-10,12H2,1-2H3. The van der Waals surface area contributed by atoms with Crippen molar-refractivity contribution < 1.29 is 4.39 Å². The first-order valence-corrected chi connectivity index (χ1v) is 7.67. The van der Waals surface area contributed by atoms with Crippen LogP contribution in [-0.4, -0.2) is 6.04 Å². The van der Waals surface area contributed by atoms with Crippen LogP contribution in [0.15, 0.2) is 18.2 Å². The Hall–Kier alpha value is -0.890. The molecule has 1 N–H and O–H groups in total. The minimum atomic E-state index is -0.0917. The second kappa shape index (κ2) is 7.04. The quantitative estimate of drug-likeness (QED) is 0.819. The van der Waals surface area contributed by atoms with Gasteiger partial charge in [0.05, 0.1) is 0 Å². The maximum absolute atomic E-state index is 13.5. The fourth-order valence-corrected chi connectivity index (χ4v) is 3.07. The average molecular weight is 263 g/mol. The van der Waals surface area contributed by atoms with Gasteiger partial charge in [-0.3, -0.25) is 0 Å². The van der Waals surface area contributed by atoms with Crippen molar-refractivity contribution >= 4 is 0 Å². The first-order valence-electron chi connectivity index (χ1n) is 7.67. The van der Waals surface area contributed by atoms with Crippen LogP contribution in [0.5, 0.6) is 0 Å². The van der Waals surface area contributed by atoms with Crippen LogP contribution in [0.25, 0.3) is 0 Å². The third-order valence-electron chi connectivity index (χ3n) is 4.37. The van der Waals surface area contributed by atoms with E-state index in [0.717, 1.165) is 23.6 Å². The Morgan fingerprint density at radius 3 is 2.58 bits per heavy atom. The molecule has 0 heterocycles. The summed E-state index contributed by atoms with van der Waals surface area (Å²) in [6.07, 6.45) is 7.96. The van der Waals surface area contributed by atoms with Crippen molar-refractivity contribution in [2.24, 2.45) is 5.92 Å². The normalized spacial score (nSPS) is 23.5. The Bertz CT molecular complexity index is 394. The summed E-state index contributed by atoms with van der Waals surface area (Å²) >= 11 is 0. The van der Waals surface area contributed by atoms with Crippen molar-refractivity contribution in [1.82, 2.24) is 5.32 Å². The molecule has 0 aliphatic heterocycles. The van der Waals surface area contributed by atoms with E-state index >= 15 is 0 Å². The molecule has 0 unspecified atom stereocenters. The molecule has 1 aliphatic carbocycles. The molecular formula is C17H26FN. The molecule has 1 saturated carbocycles. The first-order chi connectivity index (χ1) is 9.19. The van der Waals surface area contributed by atoms with Crippen molar-refractivity contribution in [3.05, 3.63) is 35.1 Å². The molecular weight excluding hydrogens is 237 g/mol. The number of hydrogen-bond donors (Lipinski definition) is 1. The van der Waals surface area contributed by atoms with E-state index in [-0.39, 0.29) is 5.82 Å². The topological polar surface area (TPSA) is 12.0 Å². The van der Waals surface area contributed by atoms with Crippen LogP contribution in [0.1, 0.15) is 56.6 Å². The van der Waals surface area contributed by atoms with E-state index in [0.29, 0.717) is 6.04 Å². The van der Waals surface area contributed by atoms with Gasteiger partial charge in [-0.15, -0.1) is 0 Å². The lowest BCUT2D eigenvalue weighted by Crippen LogP contribution is -2.32. The fourth-order valence-electron chi connectivity index (χ4n) is 3.07. The van der Waals surface area contributed by atoms with Gasteiger partial charge in [0.25, 0.3) is 0 Å². The molecule has 1 fully saturated rings. The van der Waals surface area contributed by atoms with E-state index in [2.05, 4.69) is 12.2 Å². The van der Waals surface area contributed by atoms with Gasteiger partial charge < -0.3 is 5.32 Å². The van der Waals surface area contributed by atoms with Crippen LogP contribution in [0, 0.1) is 18.7 Å². The van der Waals surface area contributed by atoms with Crippen LogP contribution < -0.4 is 5.32 Å². The van der Waals surface area contributed by atoms with Gasteiger partial charge >= 0.3 is 0 Å².